The Kier molecular flexibility index (Phi) is 3.97. The second-order valence-electron chi connectivity index (χ2n) is 3.23. The van der Waals surface area contributed by atoms with Crippen molar-refractivity contribution < 1.29 is 9.47 Å². The quantitative estimate of drug-likeness (QED) is 0.464. The van der Waals surface area contributed by atoms with Gasteiger partial charge in [-0.15, -0.1) is 0 Å². The molecule has 0 aromatic heterocycles. The second kappa shape index (κ2) is 5.24. The summed E-state index contributed by atoms with van der Waals surface area (Å²) in [4.78, 5) is 0. The molecule has 0 saturated heterocycles. The van der Waals surface area contributed by atoms with Crippen LogP contribution in [0.25, 0.3) is 0 Å². The maximum absolute atomic E-state index is 5.20. The summed E-state index contributed by atoms with van der Waals surface area (Å²) in [7, 11) is 3.23. The van der Waals surface area contributed by atoms with Gasteiger partial charge in [0.05, 0.1) is 14.2 Å². The van der Waals surface area contributed by atoms with Gasteiger partial charge < -0.3 is 15.3 Å². The van der Waals surface area contributed by atoms with E-state index in [2.05, 4.69) is 5.10 Å². The van der Waals surface area contributed by atoms with Crippen molar-refractivity contribution in [2.45, 2.75) is 13.3 Å². The van der Waals surface area contributed by atoms with E-state index >= 15 is 0 Å². The Balaban J connectivity index is 2.93. The Morgan fingerprint density at radius 3 is 2.47 bits per heavy atom. The molecule has 0 bridgehead atoms. The summed E-state index contributed by atoms with van der Waals surface area (Å²) in [6, 6.07) is 5.77. The van der Waals surface area contributed by atoms with E-state index in [1.54, 1.807) is 14.2 Å². The molecule has 0 aliphatic rings. The fourth-order valence-corrected chi connectivity index (χ4v) is 1.33. The van der Waals surface area contributed by atoms with E-state index in [-0.39, 0.29) is 0 Å². The van der Waals surface area contributed by atoms with Crippen LogP contribution in [-0.4, -0.2) is 19.9 Å². The molecule has 15 heavy (non-hydrogen) atoms. The number of ether oxygens (including phenoxy) is 2. The lowest BCUT2D eigenvalue weighted by molar-refractivity contribution is 0.354. The number of methoxy groups -OCH3 is 2. The largest absolute Gasteiger partial charge is 0.493 e. The van der Waals surface area contributed by atoms with Crippen LogP contribution in [0, 0.1) is 0 Å². The SMILES string of the molecule is COc1ccc(CC(C)=NN)cc1OC. The predicted molar refractivity (Wildman–Crippen MR) is 60.5 cm³/mol. The van der Waals surface area contributed by atoms with Crippen molar-refractivity contribution in [2.24, 2.45) is 10.9 Å². The lowest BCUT2D eigenvalue weighted by Crippen LogP contribution is -2.01. The van der Waals surface area contributed by atoms with Crippen molar-refractivity contribution >= 4 is 5.71 Å². The first kappa shape index (κ1) is 11.4. The van der Waals surface area contributed by atoms with Gasteiger partial charge in [0.25, 0.3) is 0 Å². The first-order valence-corrected chi connectivity index (χ1v) is 4.65. The number of nitrogens with zero attached hydrogens (tertiary/aromatic N) is 1. The normalized spacial score (nSPS) is 11.3. The van der Waals surface area contributed by atoms with Gasteiger partial charge in [-0.05, 0) is 24.6 Å². The molecule has 2 N–H and O–H groups in total. The average molecular weight is 208 g/mol. The first-order chi connectivity index (χ1) is 7.21. The number of hydrazone groups is 1. The zero-order valence-electron chi connectivity index (χ0n) is 9.28. The number of rotatable bonds is 4. The van der Waals surface area contributed by atoms with Crippen molar-refractivity contribution in [2.75, 3.05) is 14.2 Å². The molecule has 1 aromatic rings. The molecule has 0 fully saturated rings. The Morgan fingerprint density at radius 1 is 1.27 bits per heavy atom. The number of benzene rings is 1. The van der Waals surface area contributed by atoms with Gasteiger partial charge in [0, 0.05) is 12.1 Å². The Bertz CT molecular complexity index is 362. The number of hydrogen-bond donors (Lipinski definition) is 1. The average Bonchev–Trinajstić information content (AvgIpc) is 2.28. The third-order valence-electron chi connectivity index (χ3n) is 2.13. The molecule has 82 valence electrons. The van der Waals surface area contributed by atoms with Crippen LogP contribution in [0.3, 0.4) is 0 Å². The summed E-state index contributed by atoms with van der Waals surface area (Å²) in [5.74, 6) is 6.63. The highest BCUT2D eigenvalue weighted by molar-refractivity contribution is 5.84. The number of hydrogen-bond acceptors (Lipinski definition) is 4. The summed E-state index contributed by atoms with van der Waals surface area (Å²) < 4.78 is 10.3. The molecule has 4 nitrogen and oxygen atoms in total. The van der Waals surface area contributed by atoms with E-state index in [1.165, 1.54) is 0 Å². The summed E-state index contributed by atoms with van der Waals surface area (Å²) in [6.45, 7) is 1.89. The lowest BCUT2D eigenvalue weighted by atomic mass is 10.1. The van der Waals surface area contributed by atoms with Crippen molar-refractivity contribution in [1.29, 1.82) is 0 Å². The van der Waals surface area contributed by atoms with Crippen LogP contribution in [-0.2, 0) is 6.42 Å². The Morgan fingerprint density at radius 2 is 1.93 bits per heavy atom. The van der Waals surface area contributed by atoms with E-state index in [0.717, 1.165) is 29.2 Å². The minimum Gasteiger partial charge on any atom is -0.493 e. The smallest absolute Gasteiger partial charge is 0.160 e. The predicted octanol–water partition coefficient (Wildman–Crippen LogP) is 1.58. The zero-order chi connectivity index (χ0) is 11.3. The molecule has 0 heterocycles. The molecular formula is C11H16N2O2. The van der Waals surface area contributed by atoms with Gasteiger partial charge in [0.2, 0.25) is 0 Å². The van der Waals surface area contributed by atoms with E-state index in [0.29, 0.717) is 0 Å². The zero-order valence-corrected chi connectivity index (χ0v) is 9.28. The maximum Gasteiger partial charge on any atom is 0.160 e. The standard InChI is InChI=1S/C11H16N2O2/c1-8(13-12)6-9-4-5-10(14-2)11(7-9)15-3/h4-5,7H,6,12H2,1-3H3. The minimum atomic E-state index is 0.719. The summed E-state index contributed by atoms with van der Waals surface area (Å²) in [5.41, 5.74) is 1.97. The van der Waals surface area contributed by atoms with Crippen LogP contribution >= 0.6 is 0 Å². The van der Waals surface area contributed by atoms with Crippen LogP contribution in [0.4, 0.5) is 0 Å². The molecule has 0 unspecified atom stereocenters. The Labute approximate surface area is 89.7 Å². The fraction of sp³-hybridized carbons (Fsp3) is 0.364. The molecule has 0 amide bonds. The van der Waals surface area contributed by atoms with Crippen molar-refractivity contribution in [3.8, 4) is 11.5 Å². The van der Waals surface area contributed by atoms with Crippen LogP contribution in [0.15, 0.2) is 23.3 Å². The van der Waals surface area contributed by atoms with Gasteiger partial charge in [0.1, 0.15) is 0 Å². The van der Waals surface area contributed by atoms with Gasteiger partial charge in [0.15, 0.2) is 11.5 Å². The molecule has 0 atom stereocenters. The number of nitrogens with two attached hydrogens (primary N) is 1. The molecule has 1 aromatic carbocycles. The highest BCUT2D eigenvalue weighted by atomic mass is 16.5. The van der Waals surface area contributed by atoms with Crippen molar-refractivity contribution in [1.82, 2.24) is 0 Å². The van der Waals surface area contributed by atoms with Gasteiger partial charge in [-0.25, -0.2) is 0 Å². The monoisotopic (exact) mass is 208 g/mol. The second-order valence-corrected chi connectivity index (χ2v) is 3.23. The summed E-state index contributed by atoms with van der Waals surface area (Å²) in [6.07, 6.45) is 0.719. The topological polar surface area (TPSA) is 56.8 Å². The molecule has 0 radical (unpaired) electrons. The van der Waals surface area contributed by atoms with E-state index in [9.17, 15) is 0 Å². The van der Waals surface area contributed by atoms with Gasteiger partial charge in [-0.3, -0.25) is 0 Å². The summed E-state index contributed by atoms with van der Waals surface area (Å²) in [5, 5.41) is 3.63. The van der Waals surface area contributed by atoms with E-state index in [1.807, 2.05) is 25.1 Å². The molecule has 0 saturated carbocycles. The van der Waals surface area contributed by atoms with Crippen LogP contribution in [0.2, 0.25) is 0 Å². The molecule has 0 aliphatic carbocycles. The highest BCUT2D eigenvalue weighted by Gasteiger charge is 2.04. The highest BCUT2D eigenvalue weighted by Crippen LogP contribution is 2.27. The van der Waals surface area contributed by atoms with Crippen molar-refractivity contribution in [3.63, 3.8) is 0 Å². The van der Waals surface area contributed by atoms with Crippen LogP contribution < -0.4 is 15.3 Å². The minimum absolute atomic E-state index is 0.719. The molecule has 1 rings (SSSR count). The lowest BCUT2D eigenvalue weighted by Gasteiger charge is -2.09. The van der Waals surface area contributed by atoms with Gasteiger partial charge in [-0.2, -0.15) is 5.10 Å². The van der Waals surface area contributed by atoms with Crippen LogP contribution in [0.5, 0.6) is 11.5 Å². The van der Waals surface area contributed by atoms with E-state index < -0.39 is 0 Å². The first-order valence-electron chi connectivity index (χ1n) is 4.65. The molecule has 0 spiro atoms. The molecular weight excluding hydrogens is 192 g/mol. The van der Waals surface area contributed by atoms with Crippen molar-refractivity contribution in [3.05, 3.63) is 23.8 Å². The molecule has 4 heteroatoms. The van der Waals surface area contributed by atoms with Gasteiger partial charge >= 0.3 is 0 Å². The maximum atomic E-state index is 5.20. The Hall–Kier alpha value is -1.71. The third-order valence-corrected chi connectivity index (χ3v) is 2.13. The third kappa shape index (κ3) is 2.87. The fourth-order valence-electron chi connectivity index (χ4n) is 1.33. The molecule has 0 aliphatic heterocycles. The van der Waals surface area contributed by atoms with Crippen LogP contribution in [0.1, 0.15) is 12.5 Å². The van der Waals surface area contributed by atoms with E-state index in [4.69, 9.17) is 15.3 Å². The van der Waals surface area contributed by atoms with Gasteiger partial charge in [-0.1, -0.05) is 6.07 Å². The summed E-state index contributed by atoms with van der Waals surface area (Å²) >= 11 is 0.